The van der Waals surface area contributed by atoms with Crippen LogP contribution >= 0.6 is 0 Å². The summed E-state index contributed by atoms with van der Waals surface area (Å²) in [5.41, 5.74) is 12.6. The van der Waals surface area contributed by atoms with E-state index in [1.165, 1.54) is 0 Å². The maximum absolute atomic E-state index is 10.9. The summed E-state index contributed by atoms with van der Waals surface area (Å²) in [6, 6.07) is 42.2. The van der Waals surface area contributed by atoms with Crippen molar-refractivity contribution in [1.82, 2.24) is 0 Å². The maximum atomic E-state index is 10.9. The number of hydrogen-bond acceptors (Lipinski definition) is 5. The van der Waals surface area contributed by atoms with E-state index in [1.807, 2.05) is 97.1 Å². The van der Waals surface area contributed by atoms with E-state index in [2.05, 4.69) is 150 Å². The number of nitrogens with zero attached hydrogens (tertiary/aromatic N) is 5. The number of nitriles is 5. The maximum Gasteiger partial charge on any atom is 0.0998 e. The van der Waals surface area contributed by atoms with Crippen LogP contribution in [0, 0.1) is 68.5 Å². The Morgan fingerprint density at radius 3 is 0.710 bits per heavy atom. The number of hydrogen-bond donors (Lipinski definition) is 0. The second-order valence-electron chi connectivity index (χ2n) is 21.9. The molecule has 5 heteroatoms. The summed E-state index contributed by atoms with van der Waals surface area (Å²) in [6.45, 7) is 27.2. The molecular weight excluding hydrogens is 839 g/mol. The Labute approximate surface area is 411 Å². The van der Waals surface area contributed by atoms with Crippen molar-refractivity contribution in [3.05, 3.63) is 174 Å². The third kappa shape index (κ3) is 12.0. The molecule has 5 aromatic rings. The Kier molecular flexibility index (Phi) is 14.2. The summed E-state index contributed by atoms with van der Waals surface area (Å²) in [7, 11) is 0. The van der Waals surface area contributed by atoms with Gasteiger partial charge in [-0.2, -0.15) is 26.3 Å². The fourth-order valence-corrected chi connectivity index (χ4v) is 8.14. The lowest BCUT2D eigenvalue weighted by molar-refractivity contribution is 0.589. The van der Waals surface area contributed by atoms with E-state index in [1.54, 1.807) is 6.92 Å². The fourth-order valence-electron chi connectivity index (χ4n) is 8.14. The molecule has 0 saturated carbocycles. The predicted molar refractivity (Wildman–Crippen MR) is 287 cm³/mol. The van der Waals surface area contributed by atoms with Crippen LogP contribution in [-0.4, -0.2) is 0 Å². The number of allylic oxidation sites excluding steroid dienone is 5. The van der Waals surface area contributed by atoms with Crippen molar-refractivity contribution in [3.63, 3.8) is 0 Å². The molecule has 1 aliphatic carbocycles. The zero-order valence-corrected chi connectivity index (χ0v) is 42.3. The monoisotopic (exact) mass is 897 g/mol. The highest BCUT2D eigenvalue weighted by Gasteiger charge is 2.22. The van der Waals surface area contributed by atoms with Crippen molar-refractivity contribution in [3.8, 4) is 42.2 Å². The fraction of sp³-hybridized carbons (Fsp3) is 0.266. The molecule has 0 heterocycles. The van der Waals surface area contributed by atoms with Gasteiger partial charge in [0.05, 0.1) is 58.2 Å². The molecule has 340 valence electrons. The van der Waals surface area contributed by atoms with Crippen LogP contribution in [0.2, 0.25) is 0 Å². The minimum absolute atomic E-state index is 0.301. The molecule has 0 unspecified atom stereocenters. The van der Waals surface area contributed by atoms with Gasteiger partial charge < -0.3 is 0 Å². The minimum atomic E-state index is -0.306. The third-order valence-electron chi connectivity index (χ3n) is 12.2. The molecule has 6 rings (SSSR count). The first-order valence-corrected chi connectivity index (χ1v) is 23.2. The van der Waals surface area contributed by atoms with Crippen molar-refractivity contribution in [2.75, 3.05) is 0 Å². The molecule has 0 amide bonds. The summed E-state index contributed by atoms with van der Waals surface area (Å²) >= 11 is 0. The molecule has 0 aliphatic heterocycles. The van der Waals surface area contributed by atoms with Gasteiger partial charge in [0, 0.05) is 5.56 Å². The lowest BCUT2D eigenvalue weighted by Gasteiger charge is -2.22. The largest absolute Gasteiger partial charge is 0.192 e. The van der Waals surface area contributed by atoms with E-state index in [0.29, 0.717) is 66.8 Å². The Hall–Kier alpha value is -8.19. The van der Waals surface area contributed by atoms with Gasteiger partial charge in [-0.1, -0.05) is 113 Å². The second kappa shape index (κ2) is 19.6. The van der Waals surface area contributed by atoms with Crippen molar-refractivity contribution in [1.29, 1.82) is 26.3 Å². The SMILES string of the molecule is CC#Cc1cc2cc(c1)/C(C#N)=C/c1cc(cc(C(C)(C)C)c1)/C(C#N)=C/c1cc(cc(C(C)(C)C)c1)/C(C#N)=C/c1cc(cc(C(C)(C)C)c1)/C(C#N)=C/c1cc(cc(C(C)(C)C)c1)/C(C#N)=C/2. The lowest BCUT2D eigenvalue weighted by atomic mass is 9.82. The molecule has 1 aliphatic rings. The Morgan fingerprint density at radius 2 is 0.507 bits per heavy atom. The molecule has 0 saturated heterocycles. The van der Waals surface area contributed by atoms with Gasteiger partial charge in [-0.3, -0.25) is 0 Å². The Morgan fingerprint density at radius 1 is 0.290 bits per heavy atom. The van der Waals surface area contributed by atoms with E-state index in [4.69, 9.17) is 0 Å². The second-order valence-corrected chi connectivity index (χ2v) is 21.9. The van der Waals surface area contributed by atoms with Crippen molar-refractivity contribution in [2.24, 2.45) is 0 Å². The first kappa shape index (κ1) is 50.2. The van der Waals surface area contributed by atoms with E-state index in [0.717, 1.165) is 44.5 Å². The summed E-state index contributed by atoms with van der Waals surface area (Å²) in [5.74, 6) is 6.17. The zero-order chi connectivity index (χ0) is 50.6. The van der Waals surface area contributed by atoms with Crippen LogP contribution in [0.15, 0.2) is 91.0 Å². The molecule has 0 aromatic heterocycles. The molecule has 5 aromatic carbocycles. The third-order valence-corrected chi connectivity index (χ3v) is 12.2. The first-order chi connectivity index (χ1) is 32.3. The van der Waals surface area contributed by atoms with Crippen molar-refractivity contribution < 1.29 is 0 Å². The van der Waals surface area contributed by atoms with Crippen LogP contribution in [0.5, 0.6) is 0 Å². The summed E-state index contributed by atoms with van der Waals surface area (Å²) < 4.78 is 0. The summed E-state index contributed by atoms with van der Waals surface area (Å²) in [4.78, 5) is 0. The van der Waals surface area contributed by atoms with Crippen LogP contribution < -0.4 is 0 Å². The van der Waals surface area contributed by atoms with E-state index in [9.17, 15) is 26.3 Å². The number of benzene rings is 5. The average Bonchev–Trinajstić information content (AvgIpc) is 3.28. The molecule has 0 N–H and O–H groups in total. The molecule has 0 spiro atoms. The molecule has 0 radical (unpaired) electrons. The topological polar surface area (TPSA) is 119 Å². The normalized spacial score (nSPS) is 17.0. The van der Waals surface area contributed by atoms with Gasteiger partial charge in [0.1, 0.15) is 0 Å². The van der Waals surface area contributed by atoms with Crippen LogP contribution in [0.25, 0.3) is 58.2 Å². The average molecular weight is 898 g/mol. The van der Waals surface area contributed by atoms with Crippen LogP contribution in [0.3, 0.4) is 0 Å². The Balaban J connectivity index is 1.79. The highest BCUT2D eigenvalue weighted by Crippen LogP contribution is 2.36. The van der Waals surface area contributed by atoms with Gasteiger partial charge in [0.15, 0.2) is 0 Å². The van der Waals surface area contributed by atoms with Gasteiger partial charge in [0.25, 0.3) is 0 Å². The predicted octanol–water partition coefficient (Wildman–Crippen LogP) is 15.9. The highest BCUT2D eigenvalue weighted by atomic mass is 14.3. The summed E-state index contributed by atoms with van der Waals surface area (Å²) in [6.07, 6.45) is 9.28. The van der Waals surface area contributed by atoms with Gasteiger partial charge >= 0.3 is 0 Å². The Bertz CT molecular complexity index is 3330. The van der Waals surface area contributed by atoms with Crippen LogP contribution in [0.1, 0.15) is 173 Å². The molecule has 69 heavy (non-hydrogen) atoms. The van der Waals surface area contributed by atoms with Gasteiger partial charge in [-0.15, -0.1) is 5.92 Å². The van der Waals surface area contributed by atoms with Gasteiger partial charge in [0.2, 0.25) is 0 Å². The molecule has 0 fully saturated rings. The smallest absolute Gasteiger partial charge is 0.0998 e. The molecule has 5 nitrogen and oxygen atoms in total. The number of fused-ring (bicyclic) bond motifs is 10. The van der Waals surface area contributed by atoms with E-state index < -0.39 is 0 Å². The zero-order valence-electron chi connectivity index (χ0n) is 42.3. The van der Waals surface area contributed by atoms with Gasteiger partial charge in [-0.25, -0.2) is 0 Å². The molecular formula is C64H59N5. The highest BCUT2D eigenvalue weighted by molar-refractivity contribution is 5.98. The molecule has 0 atom stereocenters. The molecule has 10 bridgehead atoms. The standard InChI is InChI=1S/C64H59N5/c1-14-15-41-16-42-18-47(17-41)52(36-65)24-43-19-49(33-57(28-43)61(2,3)4)54(38-67)26-45-21-51(35-59(30-45)63(8,9)10)56(40-69)27-46-22-50(34-60(31-46)64(11,12)13)55(39-68)25-44-20-48(53(23-42)37-66)32-58(29-44)62(5,6)7/h16-35H,1-13H3/b52-24+,53-23+,54-26+,55-25+,56-27+. The quantitative estimate of drug-likeness (QED) is 0.143. The lowest BCUT2D eigenvalue weighted by Crippen LogP contribution is -2.12. The van der Waals surface area contributed by atoms with Crippen LogP contribution in [-0.2, 0) is 21.7 Å². The van der Waals surface area contributed by atoms with Crippen molar-refractivity contribution in [2.45, 2.75) is 112 Å². The first-order valence-electron chi connectivity index (χ1n) is 23.2. The number of rotatable bonds is 0. The minimum Gasteiger partial charge on any atom is -0.192 e. The van der Waals surface area contributed by atoms with Gasteiger partial charge in [-0.05, 0) is 204 Å². The summed E-state index contributed by atoms with van der Waals surface area (Å²) in [5, 5.41) is 54.4. The van der Waals surface area contributed by atoms with E-state index in [-0.39, 0.29) is 21.7 Å². The van der Waals surface area contributed by atoms with E-state index >= 15 is 0 Å². The van der Waals surface area contributed by atoms with Crippen LogP contribution in [0.4, 0.5) is 0 Å². The van der Waals surface area contributed by atoms with Crippen molar-refractivity contribution >= 4 is 58.2 Å².